The minimum Gasteiger partial charge on any atom is -0.497 e. The fraction of sp³-hybridized carbons (Fsp3) is 0.588. The van der Waals surface area contributed by atoms with Crippen molar-refractivity contribution < 1.29 is 22.7 Å². The van der Waals surface area contributed by atoms with E-state index in [-0.39, 0.29) is 18.9 Å². The molecule has 0 aromatic heterocycles. The predicted molar refractivity (Wildman–Crippen MR) is 99.9 cm³/mol. The van der Waals surface area contributed by atoms with Gasteiger partial charge in [-0.3, -0.25) is 9.69 Å². The van der Waals surface area contributed by atoms with Gasteiger partial charge in [0.25, 0.3) is 0 Å². The maximum atomic E-state index is 12.1. The molecule has 1 heterocycles. The Morgan fingerprint density at radius 1 is 1.31 bits per heavy atom. The minimum absolute atomic E-state index is 0.0907. The molecule has 146 valence electrons. The van der Waals surface area contributed by atoms with Gasteiger partial charge in [-0.05, 0) is 12.1 Å². The highest BCUT2D eigenvalue weighted by Crippen LogP contribution is 2.16. The molecule has 9 heteroatoms. The van der Waals surface area contributed by atoms with Crippen molar-refractivity contribution in [3.8, 4) is 5.75 Å². The molecule has 1 fully saturated rings. The molecule has 1 aliphatic heterocycles. The van der Waals surface area contributed by atoms with Crippen molar-refractivity contribution in [2.24, 2.45) is 0 Å². The molecule has 0 aliphatic carbocycles. The van der Waals surface area contributed by atoms with E-state index in [0.717, 1.165) is 13.1 Å². The molecular formula is C17H27N3O5S. The zero-order valence-corrected chi connectivity index (χ0v) is 16.1. The number of methoxy groups -OCH3 is 1. The van der Waals surface area contributed by atoms with Crippen LogP contribution in [0.4, 0.5) is 5.69 Å². The lowest BCUT2D eigenvalue weighted by molar-refractivity contribution is -0.116. The van der Waals surface area contributed by atoms with Gasteiger partial charge in [0.2, 0.25) is 15.9 Å². The van der Waals surface area contributed by atoms with Gasteiger partial charge in [-0.25, -0.2) is 12.7 Å². The van der Waals surface area contributed by atoms with E-state index in [4.69, 9.17) is 9.47 Å². The first-order valence-corrected chi connectivity index (χ1v) is 10.4. The Hall–Kier alpha value is -1.68. The molecule has 1 N–H and O–H groups in total. The smallest absolute Gasteiger partial charge is 0.225 e. The quantitative estimate of drug-likeness (QED) is 0.670. The molecule has 0 saturated carbocycles. The van der Waals surface area contributed by atoms with E-state index in [1.165, 1.54) is 10.6 Å². The van der Waals surface area contributed by atoms with Gasteiger partial charge in [0.05, 0.1) is 26.6 Å². The predicted octanol–water partition coefficient (Wildman–Crippen LogP) is 0.618. The summed E-state index contributed by atoms with van der Waals surface area (Å²) in [5, 5.41) is 2.76. The normalized spacial score (nSPS) is 15.8. The standard InChI is InChI=1S/C17H27N3O5S/c1-24-16-5-3-4-15(14-16)18-17(21)6-7-20(26(2,22)23)9-8-19-10-12-25-13-11-19/h3-5,14H,6-13H2,1-2H3,(H,18,21). The highest BCUT2D eigenvalue weighted by Gasteiger charge is 2.20. The molecule has 1 aromatic carbocycles. The number of amides is 1. The van der Waals surface area contributed by atoms with Crippen LogP contribution in [0.25, 0.3) is 0 Å². The van der Waals surface area contributed by atoms with Gasteiger partial charge in [-0.2, -0.15) is 0 Å². The monoisotopic (exact) mass is 385 g/mol. The van der Waals surface area contributed by atoms with E-state index < -0.39 is 10.0 Å². The molecule has 1 aromatic rings. The van der Waals surface area contributed by atoms with Crippen LogP contribution in [0.15, 0.2) is 24.3 Å². The highest BCUT2D eigenvalue weighted by atomic mass is 32.2. The topological polar surface area (TPSA) is 88.2 Å². The molecule has 1 saturated heterocycles. The number of ether oxygens (including phenoxy) is 2. The van der Waals surface area contributed by atoms with Crippen LogP contribution in [0.2, 0.25) is 0 Å². The van der Waals surface area contributed by atoms with E-state index in [1.54, 1.807) is 31.4 Å². The highest BCUT2D eigenvalue weighted by molar-refractivity contribution is 7.88. The number of sulfonamides is 1. The number of hydrogen-bond donors (Lipinski definition) is 1. The molecule has 1 aliphatic rings. The van der Waals surface area contributed by atoms with Gasteiger partial charge in [0.1, 0.15) is 5.75 Å². The molecule has 0 radical (unpaired) electrons. The number of benzene rings is 1. The van der Waals surface area contributed by atoms with E-state index in [1.807, 2.05) is 0 Å². The largest absolute Gasteiger partial charge is 0.497 e. The van der Waals surface area contributed by atoms with Gasteiger partial charge in [0.15, 0.2) is 0 Å². The number of rotatable bonds is 9. The van der Waals surface area contributed by atoms with Gasteiger partial charge < -0.3 is 14.8 Å². The van der Waals surface area contributed by atoms with E-state index >= 15 is 0 Å². The van der Waals surface area contributed by atoms with Crippen LogP contribution in [0.1, 0.15) is 6.42 Å². The van der Waals surface area contributed by atoms with Crippen molar-refractivity contribution in [2.45, 2.75) is 6.42 Å². The zero-order valence-electron chi connectivity index (χ0n) is 15.3. The molecule has 2 rings (SSSR count). The molecule has 0 spiro atoms. The Balaban J connectivity index is 1.84. The number of morpholine rings is 1. The van der Waals surface area contributed by atoms with Crippen molar-refractivity contribution in [3.05, 3.63) is 24.3 Å². The van der Waals surface area contributed by atoms with Crippen LogP contribution in [0.5, 0.6) is 5.75 Å². The summed E-state index contributed by atoms with van der Waals surface area (Å²) < 4.78 is 35.7. The van der Waals surface area contributed by atoms with Crippen molar-refractivity contribution in [3.63, 3.8) is 0 Å². The average Bonchev–Trinajstić information content (AvgIpc) is 2.61. The fourth-order valence-electron chi connectivity index (χ4n) is 2.67. The third-order valence-electron chi connectivity index (χ3n) is 4.18. The lowest BCUT2D eigenvalue weighted by Gasteiger charge is -2.29. The third kappa shape index (κ3) is 6.91. The average molecular weight is 385 g/mol. The Bertz CT molecular complexity index is 689. The Morgan fingerprint density at radius 2 is 2.04 bits per heavy atom. The van der Waals surface area contributed by atoms with Gasteiger partial charge in [-0.1, -0.05) is 6.07 Å². The van der Waals surface area contributed by atoms with Crippen LogP contribution in [0.3, 0.4) is 0 Å². The van der Waals surface area contributed by atoms with Crippen molar-refractivity contribution in [1.82, 2.24) is 9.21 Å². The molecular weight excluding hydrogens is 358 g/mol. The molecule has 1 amide bonds. The Morgan fingerprint density at radius 3 is 2.69 bits per heavy atom. The summed E-state index contributed by atoms with van der Waals surface area (Å²) in [6, 6.07) is 7.03. The Kier molecular flexibility index (Phi) is 7.83. The maximum absolute atomic E-state index is 12.1. The summed E-state index contributed by atoms with van der Waals surface area (Å²) in [6.07, 6.45) is 1.26. The second-order valence-electron chi connectivity index (χ2n) is 6.15. The van der Waals surface area contributed by atoms with E-state index in [9.17, 15) is 13.2 Å². The SMILES string of the molecule is COc1cccc(NC(=O)CCN(CCN2CCOCC2)S(C)(=O)=O)c1. The first-order valence-electron chi connectivity index (χ1n) is 8.57. The number of anilines is 1. The molecule has 0 bridgehead atoms. The zero-order chi connectivity index (χ0) is 19.0. The van der Waals surface area contributed by atoms with Crippen LogP contribution < -0.4 is 10.1 Å². The number of carbonyl (C=O) groups excluding carboxylic acids is 1. The van der Waals surface area contributed by atoms with E-state index in [2.05, 4.69) is 10.2 Å². The second-order valence-corrected chi connectivity index (χ2v) is 8.13. The number of hydrogen-bond acceptors (Lipinski definition) is 6. The summed E-state index contributed by atoms with van der Waals surface area (Å²) in [7, 11) is -1.81. The first-order chi connectivity index (χ1) is 12.4. The summed E-state index contributed by atoms with van der Waals surface area (Å²) in [4.78, 5) is 14.3. The lowest BCUT2D eigenvalue weighted by Crippen LogP contribution is -2.43. The number of carbonyl (C=O) groups is 1. The molecule has 8 nitrogen and oxygen atoms in total. The van der Waals surface area contributed by atoms with Crippen LogP contribution in [0, 0.1) is 0 Å². The lowest BCUT2D eigenvalue weighted by atomic mass is 10.3. The van der Waals surface area contributed by atoms with Gasteiger partial charge >= 0.3 is 0 Å². The summed E-state index contributed by atoms with van der Waals surface area (Å²) in [6.45, 7) is 4.09. The molecule has 0 atom stereocenters. The third-order valence-corrected chi connectivity index (χ3v) is 5.48. The summed E-state index contributed by atoms with van der Waals surface area (Å²) in [5.41, 5.74) is 0.619. The first kappa shape index (κ1) is 20.6. The summed E-state index contributed by atoms with van der Waals surface area (Å²) in [5.74, 6) is 0.407. The molecule has 0 unspecified atom stereocenters. The van der Waals surface area contributed by atoms with E-state index in [0.29, 0.717) is 37.7 Å². The van der Waals surface area contributed by atoms with Crippen LogP contribution in [-0.4, -0.2) is 82.8 Å². The van der Waals surface area contributed by atoms with Crippen molar-refractivity contribution >= 4 is 21.6 Å². The van der Waals surface area contributed by atoms with Crippen molar-refractivity contribution in [2.75, 3.05) is 64.6 Å². The van der Waals surface area contributed by atoms with Gasteiger partial charge in [-0.15, -0.1) is 0 Å². The maximum Gasteiger partial charge on any atom is 0.225 e. The second kappa shape index (κ2) is 9.86. The Labute approximate surface area is 155 Å². The number of nitrogens with one attached hydrogen (secondary N) is 1. The van der Waals surface area contributed by atoms with Crippen LogP contribution >= 0.6 is 0 Å². The minimum atomic E-state index is -3.37. The van der Waals surface area contributed by atoms with Crippen LogP contribution in [-0.2, 0) is 19.6 Å². The number of nitrogens with zero attached hydrogens (tertiary/aromatic N) is 2. The fourth-order valence-corrected chi connectivity index (χ4v) is 3.51. The van der Waals surface area contributed by atoms with Crippen molar-refractivity contribution in [1.29, 1.82) is 0 Å². The summed E-state index contributed by atoms with van der Waals surface area (Å²) >= 11 is 0. The molecule has 26 heavy (non-hydrogen) atoms. The van der Waals surface area contributed by atoms with Gasteiger partial charge in [0, 0.05) is 50.9 Å².